The summed E-state index contributed by atoms with van der Waals surface area (Å²) < 4.78 is 7.31. The molecule has 6 nitrogen and oxygen atoms in total. The predicted octanol–water partition coefficient (Wildman–Crippen LogP) is 3.22. The highest BCUT2D eigenvalue weighted by molar-refractivity contribution is 14.1. The van der Waals surface area contributed by atoms with Gasteiger partial charge in [-0.1, -0.05) is 0 Å². The van der Waals surface area contributed by atoms with Crippen LogP contribution in [0.1, 0.15) is 18.2 Å². The average Bonchev–Trinajstić information content (AvgIpc) is 2.93. The number of hydrogen-bond acceptors (Lipinski definition) is 5. The van der Waals surface area contributed by atoms with Crippen LogP contribution in [-0.2, 0) is 22.4 Å². The lowest BCUT2D eigenvalue weighted by atomic mass is 10.1. The van der Waals surface area contributed by atoms with Gasteiger partial charge in [0.05, 0.1) is 26.4 Å². The Bertz CT molecular complexity index is 757. The number of hydrogen-bond donors (Lipinski definition) is 2. The van der Waals surface area contributed by atoms with E-state index in [1.165, 1.54) is 18.3 Å². The summed E-state index contributed by atoms with van der Waals surface area (Å²) in [4.78, 5) is 27.4. The Hall–Kier alpha value is -0.950. The first-order valence-electron chi connectivity index (χ1n) is 7.39. The van der Waals surface area contributed by atoms with Crippen LogP contribution in [0.2, 0.25) is 0 Å². The predicted molar refractivity (Wildman–Crippen MR) is 115 cm³/mol. The van der Waals surface area contributed by atoms with E-state index in [2.05, 4.69) is 60.8 Å². The minimum absolute atomic E-state index is 0.0333. The van der Waals surface area contributed by atoms with E-state index in [9.17, 15) is 9.59 Å². The second kappa shape index (κ2) is 9.67. The largest absolute Gasteiger partial charge is 0.495 e. The molecule has 2 rings (SSSR count). The minimum atomic E-state index is -0.141. The van der Waals surface area contributed by atoms with Crippen molar-refractivity contribution in [1.82, 2.24) is 10.3 Å². The van der Waals surface area contributed by atoms with Crippen LogP contribution in [0, 0.1) is 7.14 Å². The van der Waals surface area contributed by atoms with E-state index in [0.717, 1.165) is 24.1 Å². The Morgan fingerprint density at radius 1 is 1.28 bits per heavy atom. The van der Waals surface area contributed by atoms with Gasteiger partial charge < -0.3 is 15.4 Å². The van der Waals surface area contributed by atoms with Crippen LogP contribution in [0.25, 0.3) is 0 Å². The number of anilines is 1. The van der Waals surface area contributed by atoms with E-state index in [4.69, 9.17) is 4.74 Å². The molecule has 0 atom stereocenters. The normalized spacial score (nSPS) is 10.4. The molecule has 0 radical (unpaired) electrons. The summed E-state index contributed by atoms with van der Waals surface area (Å²) in [5, 5.41) is 8.01. The van der Waals surface area contributed by atoms with Crippen molar-refractivity contribution in [1.29, 1.82) is 0 Å². The number of methoxy groups -OCH3 is 1. The number of carbonyl (C=O) groups is 2. The zero-order valence-corrected chi connectivity index (χ0v) is 18.8. The number of aromatic nitrogens is 1. The molecule has 1 aromatic carbocycles. The van der Waals surface area contributed by atoms with E-state index in [1.54, 1.807) is 7.11 Å². The van der Waals surface area contributed by atoms with Crippen molar-refractivity contribution in [2.75, 3.05) is 19.0 Å². The van der Waals surface area contributed by atoms with Crippen molar-refractivity contribution in [2.45, 2.75) is 19.8 Å². The highest BCUT2D eigenvalue weighted by atomic mass is 127. The monoisotopic (exact) mass is 585 g/mol. The zero-order chi connectivity index (χ0) is 18.4. The van der Waals surface area contributed by atoms with Crippen LogP contribution < -0.4 is 15.4 Å². The van der Waals surface area contributed by atoms with Gasteiger partial charge in [-0.05, 0) is 62.9 Å². The maximum Gasteiger partial charge on any atom is 0.224 e. The topological polar surface area (TPSA) is 80.3 Å². The van der Waals surface area contributed by atoms with E-state index in [-0.39, 0.29) is 11.8 Å². The molecule has 25 heavy (non-hydrogen) atoms. The summed E-state index contributed by atoms with van der Waals surface area (Å²) in [7, 11) is 1.64. The molecule has 0 spiro atoms. The molecule has 0 fully saturated rings. The molecule has 0 aliphatic rings. The van der Waals surface area contributed by atoms with Crippen LogP contribution in [0.15, 0.2) is 17.5 Å². The molecule has 2 amide bonds. The number of carbonyl (C=O) groups excluding carboxylic acids is 2. The third-order valence-electron chi connectivity index (χ3n) is 3.16. The number of thiazole rings is 1. The maximum absolute atomic E-state index is 12.1. The van der Waals surface area contributed by atoms with Gasteiger partial charge in [0.25, 0.3) is 0 Å². The standard InChI is InChI=1S/C16H17I2N3O3S/c1-9(22)20-16-21-11(8-25-16)3-4-19-14(23)7-10-5-12(17)15(24-2)13(18)6-10/h5-6,8H,3-4,7H2,1-2H3,(H,19,23)(H,20,21,22). The van der Waals surface area contributed by atoms with Gasteiger partial charge in [-0.25, -0.2) is 4.98 Å². The van der Waals surface area contributed by atoms with Gasteiger partial charge in [0.2, 0.25) is 11.8 Å². The first kappa shape index (κ1) is 20.4. The summed E-state index contributed by atoms with van der Waals surface area (Å²) >= 11 is 5.79. The number of ether oxygens (including phenoxy) is 1. The van der Waals surface area contributed by atoms with E-state index < -0.39 is 0 Å². The molecule has 2 N–H and O–H groups in total. The SMILES string of the molecule is COc1c(I)cc(CC(=O)NCCc2csc(NC(C)=O)n2)cc1I. The lowest BCUT2D eigenvalue weighted by Gasteiger charge is -2.09. The van der Waals surface area contributed by atoms with Crippen molar-refractivity contribution in [3.8, 4) is 5.75 Å². The highest BCUT2D eigenvalue weighted by Crippen LogP contribution is 2.28. The second-order valence-corrected chi connectivity index (χ2v) is 8.38. The summed E-state index contributed by atoms with van der Waals surface area (Å²) in [5.41, 5.74) is 1.80. The molecule has 0 aliphatic carbocycles. The fourth-order valence-corrected chi connectivity index (χ4v) is 5.25. The highest BCUT2D eigenvalue weighted by Gasteiger charge is 2.11. The van der Waals surface area contributed by atoms with Crippen molar-refractivity contribution in [3.05, 3.63) is 35.9 Å². The summed E-state index contributed by atoms with van der Waals surface area (Å²) in [6.07, 6.45) is 0.948. The van der Waals surface area contributed by atoms with Crippen LogP contribution in [-0.4, -0.2) is 30.5 Å². The third kappa shape index (κ3) is 6.37. The van der Waals surface area contributed by atoms with Crippen LogP contribution in [0.4, 0.5) is 5.13 Å². The molecule has 0 saturated heterocycles. The first-order chi connectivity index (χ1) is 11.9. The molecule has 134 valence electrons. The van der Waals surface area contributed by atoms with Gasteiger partial charge in [-0.2, -0.15) is 0 Å². The fraction of sp³-hybridized carbons (Fsp3) is 0.312. The Labute approximate surface area is 177 Å². The summed E-state index contributed by atoms with van der Waals surface area (Å²) in [6, 6.07) is 3.92. The molecule has 1 aromatic heterocycles. The minimum Gasteiger partial charge on any atom is -0.495 e. The lowest BCUT2D eigenvalue weighted by molar-refractivity contribution is -0.120. The molecule has 0 saturated carbocycles. The molecular weight excluding hydrogens is 568 g/mol. The third-order valence-corrected chi connectivity index (χ3v) is 5.57. The summed E-state index contributed by atoms with van der Waals surface area (Å²) in [5.74, 6) is 0.663. The van der Waals surface area contributed by atoms with Crippen LogP contribution in [0.5, 0.6) is 5.75 Å². The quantitative estimate of drug-likeness (QED) is 0.490. The number of benzene rings is 1. The maximum atomic E-state index is 12.1. The molecule has 0 bridgehead atoms. The smallest absolute Gasteiger partial charge is 0.224 e. The van der Waals surface area contributed by atoms with Gasteiger partial charge in [-0.15, -0.1) is 11.3 Å². The Morgan fingerprint density at radius 2 is 1.96 bits per heavy atom. The van der Waals surface area contributed by atoms with Crippen molar-refractivity contribution in [2.24, 2.45) is 0 Å². The van der Waals surface area contributed by atoms with Gasteiger partial charge >= 0.3 is 0 Å². The van der Waals surface area contributed by atoms with Crippen molar-refractivity contribution >= 4 is 73.5 Å². The molecule has 0 unspecified atom stereocenters. The Balaban J connectivity index is 1.83. The number of rotatable bonds is 7. The van der Waals surface area contributed by atoms with Gasteiger partial charge in [0.1, 0.15) is 5.75 Å². The lowest BCUT2D eigenvalue weighted by Crippen LogP contribution is -2.27. The Kier molecular flexibility index (Phi) is 7.87. The number of nitrogens with one attached hydrogen (secondary N) is 2. The zero-order valence-electron chi connectivity index (χ0n) is 13.7. The molecule has 0 aliphatic heterocycles. The van der Waals surface area contributed by atoms with Crippen LogP contribution >= 0.6 is 56.5 Å². The fourth-order valence-electron chi connectivity index (χ4n) is 2.12. The number of amides is 2. The Morgan fingerprint density at radius 3 is 2.56 bits per heavy atom. The number of nitrogens with zero attached hydrogens (tertiary/aromatic N) is 1. The average molecular weight is 585 g/mol. The summed E-state index contributed by atoms with van der Waals surface area (Å²) in [6.45, 7) is 1.95. The van der Waals surface area contributed by atoms with E-state index >= 15 is 0 Å². The molecular formula is C16H17I2N3O3S. The van der Waals surface area contributed by atoms with Gasteiger partial charge in [0, 0.05) is 25.3 Å². The van der Waals surface area contributed by atoms with Gasteiger partial charge in [0.15, 0.2) is 5.13 Å². The first-order valence-corrected chi connectivity index (χ1v) is 10.4. The molecule has 9 heteroatoms. The number of halogens is 2. The van der Waals surface area contributed by atoms with E-state index in [0.29, 0.717) is 24.5 Å². The van der Waals surface area contributed by atoms with Gasteiger partial charge in [-0.3, -0.25) is 9.59 Å². The van der Waals surface area contributed by atoms with Crippen LogP contribution in [0.3, 0.4) is 0 Å². The van der Waals surface area contributed by atoms with E-state index in [1.807, 2.05) is 17.5 Å². The van der Waals surface area contributed by atoms with Crippen molar-refractivity contribution in [3.63, 3.8) is 0 Å². The molecule has 2 aromatic rings. The molecule has 1 heterocycles. The second-order valence-electron chi connectivity index (χ2n) is 5.19. The van der Waals surface area contributed by atoms with Crippen molar-refractivity contribution < 1.29 is 14.3 Å².